The van der Waals surface area contributed by atoms with Gasteiger partial charge < -0.3 is 20.3 Å². The number of carboxylic acids is 1. The minimum Gasteiger partial charge on any atom is -0.508 e. The summed E-state index contributed by atoms with van der Waals surface area (Å²) in [6.07, 6.45) is 0.00218. The van der Waals surface area contributed by atoms with Gasteiger partial charge in [-0.3, -0.25) is 9.52 Å². The Balaban J connectivity index is 1.45. The molecule has 4 N–H and O–H groups in total. The third kappa shape index (κ3) is 6.68. The van der Waals surface area contributed by atoms with Gasteiger partial charge in [0.25, 0.3) is 15.9 Å². The quantitative estimate of drug-likeness (QED) is 0.237. The molecular weight excluding hydrogens is 508 g/mol. The van der Waals surface area contributed by atoms with Gasteiger partial charge in [0.15, 0.2) is 5.75 Å². The first-order valence-corrected chi connectivity index (χ1v) is 13.0. The zero-order valence-corrected chi connectivity index (χ0v) is 20.8. The number of aromatic hydroxyl groups is 1. The number of carboxylic acid groups (broad SMARTS) is 1. The summed E-state index contributed by atoms with van der Waals surface area (Å²) in [6, 6.07) is 25.4. The average Bonchev–Trinajstić information content (AvgIpc) is 2.91. The van der Waals surface area contributed by atoms with Gasteiger partial charge >= 0.3 is 5.97 Å². The first kappa shape index (κ1) is 26.2. The smallest absolute Gasteiger partial charge is 0.326 e. The summed E-state index contributed by atoms with van der Waals surface area (Å²) in [4.78, 5) is 24.3. The number of nitrogens with one attached hydrogen (secondary N) is 2. The maximum atomic E-state index is 13.0. The largest absolute Gasteiger partial charge is 0.508 e. The molecule has 0 bridgehead atoms. The van der Waals surface area contributed by atoms with Crippen molar-refractivity contribution in [2.45, 2.75) is 17.4 Å². The molecule has 0 fully saturated rings. The molecule has 0 aliphatic rings. The number of hydrogen-bond donors (Lipinski definition) is 4. The van der Waals surface area contributed by atoms with Crippen LogP contribution in [-0.2, 0) is 21.2 Å². The van der Waals surface area contributed by atoms with Crippen molar-refractivity contribution < 1.29 is 33.0 Å². The van der Waals surface area contributed by atoms with Gasteiger partial charge in [0, 0.05) is 12.0 Å². The van der Waals surface area contributed by atoms with E-state index < -0.39 is 27.9 Å². The second-order valence-electron chi connectivity index (χ2n) is 8.28. The van der Waals surface area contributed by atoms with Crippen molar-refractivity contribution in [3.8, 4) is 17.2 Å². The lowest BCUT2D eigenvalue weighted by Gasteiger charge is -2.15. The van der Waals surface area contributed by atoms with Gasteiger partial charge in [0.05, 0.1) is 10.6 Å². The molecular formula is C28H24N2O7S. The lowest BCUT2D eigenvalue weighted by molar-refractivity contribution is -0.139. The third-order valence-electron chi connectivity index (χ3n) is 5.51. The third-order valence-corrected chi connectivity index (χ3v) is 6.89. The zero-order valence-electron chi connectivity index (χ0n) is 19.9. The van der Waals surface area contributed by atoms with E-state index in [2.05, 4.69) is 10.0 Å². The number of aliphatic carboxylic acids is 1. The molecule has 0 aliphatic heterocycles. The van der Waals surface area contributed by atoms with Crippen molar-refractivity contribution in [1.29, 1.82) is 0 Å². The van der Waals surface area contributed by atoms with Crippen molar-refractivity contribution in [3.63, 3.8) is 0 Å². The van der Waals surface area contributed by atoms with E-state index in [9.17, 15) is 28.2 Å². The Morgan fingerprint density at radius 2 is 1.45 bits per heavy atom. The molecule has 0 spiro atoms. The minimum atomic E-state index is -4.03. The summed E-state index contributed by atoms with van der Waals surface area (Å²) in [6.45, 7) is 0. The van der Waals surface area contributed by atoms with Gasteiger partial charge in [0.1, 0.15) is 17.5 Å². The zero-order chi connectivity index (χ0) is 27.1. The number of anilines is 1. The monoisotopic (exact) mass is 532 g/mol. The molecule has 0 aromatic heterocycles. The highest BCUT2D eigenvalue weighted by Crippen LogP contribution is 2.31. The molecule has 0 saturated carbocycles. The fourth-order valence-corrected chi connectivity index (χ4v) is 4.62. The van der Waals surface area contributed by atoms with Gasteiger partial charge in [-0.05, 0) is 66.2 Å². The highest BCUT2D eigenvalue weighted by Gasteiger charge is 2.22. The van der Waals surface area contributed by atoms with Crippen molar-refractivity contribution in [2.24, 2.45) is 0 Å². The molecule has 4 aromatic rings. The van der Waals surface area contributed by atoms with Crippen LogP contribution in [0.15, 0.2) is 108 Å². The summed E-state index contributed by atoms with van der Waals surface area (Å²) in [5.74, 6) is -1.01. The summed E-state index contributed by atoms with van der Waals surface area (Å²) >= 11 is 0. The molecule has 0 saturated heterocycles. The molecule has 0 radical (unpaired) electrons. The van der Waals surface area contributed by atoms with Crippen LogP contribution in [-0.4, -0.2) is 36.5 Å². The van der Waals surface area contributed by atoms with Gasteiger partial charge in [-0.15, -0.1) is 0 Å². The highest BCUT2D eigenvalue weighted by atomic mass is 32.2. The average molecular weight is 533 g/mol. The topological polar surface area (TPSA) is 142 Å². The fourth-order valence-electron chi connectivity index (χ4n) is 3.55. The molecule has 0 unspecified atom stereocenters. The summed E-state index contributed by atoms with van der Waals surface area (Å²) in [7, 11) is -4.03. The number of rotatable bonds is 10. The van der Waals surface area contributed by atoms with Gasteiger partial charge in [-0.2, -0.15) is 0 Å². The first-order chi connectivity index (χ1) is 18.2. The number of sulfonamides is 1. The van der Waals surface area contributed by atoms with Crippen LogP contribution in [0.4, 0.5) is 5.69 Å². The Kier molecular flexibility index (Phi) is 7.93. The Hall–Kier alpha value is -4.83. The van der Waals surface area contributed by atoms with Crippen LogP contribution in [0, 0.1) is 0 Å². The predicted molar refractivity (Wildman–Crippen MR) is 141 cm³/mol. The van der Waals surface area contributed by atoms with Gasteiger partial charge in [-0.1, -0.05) is 42.5 Å². The lowest BCUT2D eigenvalue weighted by Crippen LogP contribution is -2.42. The Morgan fingerprint density at radius 3 is 2.11 bits per heavy atom. The number of carbonyl (C=O) groups excluding carboxylic acids is 1. The molecule has 0 aliphatic carbocycles. The maximum Gasteiger partial charge on any atom is 0.326 e. The second-order valence-corrected chi connectivity index (χ2v) is 9.96. The van der Waals surface area contributed by atoms with Crippen LogP contribution in [0.5, 0.6) is 17.2 Å². The van der Waals surface area contributed by atoms with Crippen molar-refractivity contribution in [1.82, 2.24) is 5.32 Å². The molecule has 1 amide bonds. The van der Waals surface area contributed by atoms with Crippen LogP contribution in [0.3, 0.4) is 0 Å². The molecule has 1 atom stereocenters. The number of hydrogen-bond acceptors (Lipinski definition) is 6. The number of para-hydroxylation sites is 3. The number of benzene rings is 4. The van der Waals surface area contributed by atoms with E-state index in [-0.39, 0.29) is 28.3 Å². The van der Waals surface area contributed by atoms with Crippen LogP contribution in [0.2, 0.25) is 0 Å². The highest BCUT2D eigenvalue weighted by molar-refractivity contribution is 7.92. The molecule has 194 valence electrons. The number of amides is 1. The van der Waals surface area contributed by atoms with E-state index in [1.807, 2.05) is 6.07 Å². The molecule has 4 rings (SSSR count). The Labute approximate surface area is 219 Å². The number of phenolic OH excluding ortho intramolecular Hbond substituents is 1. The molecule has 38 heavy (non-hydrogen) atoms. The number of carbonyl (C=O) groups is 2. The number of ether oxygens (including phenoxy) is 1. The first-order valence-electron chi connectivity index (χ1n) is 11.5. The summed E-state index contributed by atoms with van der Waals surface area (Å²) in [5, 5.41) is 21.4. The Morgan fingerprint density at radius 1 is 0.816 bits per heavy atom. The lowest BCUT2D eigenvalue weighted by atomic mass is 10.1. The van der Waals surface area contributed by atoms with Gasteiger partial charge in [-0.25, -0.2) is 13.2 Å². The van der Waals surface area contributed by atoms with Crippen LogP contribution in [0.1, 0.15) is 15.9 Å². The van der Waals surface area contributed by atoms with Gasteiger partial charge in [0.2, 0.25) is 0 Å². The summed E-state index contributed by atoms with van der Waals surface area (Å²) in [5.41, 5.74) is 0.935. The van der Waals surface area contributed by atoms with E-state index in [1.165, 1.54) is 36.4 Å². The molecule has 9 nitrogen and oxygen atoms in total. The van der Waals surface area contributed by atoms with Crippen molar-refractivity contribution in [2.75, 3.05) is 4.72 Å². The standard InChI is InChI=1S/C28H24N2O7S/c31-21-14-10-19(11-15-21)18-25(28(33)34)29-27(32)20-12-16-23(17-13-20)38(35,36)30-24-8-4-5-9-26(24)37-22-6-2-1-3-7-22/h1-17,25,30-31H,18H2,(H,29,32)(H,33,34)/t25-/m0/s1. The van der Waals surface area contributed by atoms with E-state index in [0.717, 1.165) is 0 Å². The van der Waals surface area contributed by atoms with Crippen molar-refractivity contribution >= 4 is 27.6 Å². The van der Waals surface area contributed by atoms with E-state index in [4.69, 9.17) is 4.74 Å². The van der Waals surface area contributed by atoms with Crippen LogP contribution in [0.25, 0.3) is 0 Å². The maximum absolute atomic E-state index is 13.0. The molecule has 10 heteroatoms. The second kappa shape index (κ2) is 11.5. The van der Waals surface area contributed by atoms with Crippen LogP contribution >= 0.6 is 0 Å². The fraction of sp³-hybridized carbons (Fsp3) is 0.0714. The van der Waals surface area contributed by atoms with E-state index in [1.54, 1.807) is 60.7 Å². The number of phenols is 1. The SMILES string of the molecule is O=C(N[C@@H](Cc1ccc(O)cc1)C(=O)O)c1ccc(S(=O)(=O)Nc2ccccc2Oc2ccccc2)cc1. The summed E-state index contributed by atoms with van der Waals surface area (Å²) < 4.78 is 34.3. The normalized spacial score (nSPS) is 11.8. The van der Waals surface area contributed by atoms with E-state index in [0.29, 0.717) is 17.1 Å². The van der Waals surface area contributed by atoms with Crippen molar-refractivity contribution in [3.05, 3.63) is 114 Å². The van der Waals surface area contributed by atoms with Crippen LogP contribution < -0.4 is 14.8 Å². The van der Waals surface area contributed by atoms with E-state index >= 15 is 0 Å². The predicted octanol–water partition coefficient (Wildman–Crippen LogP) is 4.41. The minimum absolute atomic E-state index is 0.00218. The Bertz CT molecular complexity index is 1520. The molecule has 4 aromatic carbocycles. The molecule has 0 heterocycles.